The first kappa shape index (κ1) is 9.90. The van der Waals surface area contributed by atoms with Gasteiger partial charge in [0.25, 0.3) is 0 Å². The van der Waals surface area contributed by atoms with Crippen LogP contribution in [-0.4, -0.2) is 14.8 Å². The van der Waals surface area contributed by atoms with Crippen molar-refractivity contribution in [2.75, 3.05) is 0 Å². The van der Waals surface area contributed by atoms with Crippen molar-refractivity contribution in [3.05, 3.63) is 36.2 Å². The van der Waals surface area contributed by atoms with Crippen molar-refractivity contribution in [2.24, 2.45) is 0 Å². The number of nitrogens with zero attached hydrogens (tertiary/aromatic N) is 3. The van der Waals surface area contributed by atoms with Crippen LogP contribution in [0.15, 0.2) is 30.6 Å². The molecule has 0 amide bonds. The Bertz CT molecular complexity index is 428. The fourth-order valence-corrected chi connectivity index (χ4v) is 1.59. The SMILES string of the molecule is CCCn1cnnc1-c1ccc(C)cc1. The van der Waals surface area contributed by atoms with Crippen LogP contribution in [0, 0.1) is 6.92 Å². The summed E-state index contributed by atoms with van der Waals surface area (Å²) in [5.74, 6) is 0.955. The zero-order valence-corrected chi connectivity index (χ0v) is 9.14. The van der Waals surface area contributed by atoms with Crippen LogP contribution in [0.1, 0.15) is 18.9 Å². The van der Waals surface area contributed by atoms with Crippen LogP contribution in [-0.2, 0) is 6.54 Å². The number of rotatable bonds is 3. The second-order valence-corrected chi connectivity index (χ2v) is 3.71. The first-order valence-corrected chi connectivity index (χ1v) is 5.26. The van der Waals surface area contributed by atoms with Crippen LogP contribution in [0.3, 0.4) is 0 Å². The molecule has 0 atom stereocenters. The zero-order chi connectivity index (χ0) is 10.7. The lowest BCUT2D eigenvalue weighted by molar-refractivity contribution is 0.683. The van der Waals surface area contributed by atoms with Gasteiger partial charge in [-0.1, -0.05) is 36.8 Å². The molecule has 0 bridgehead atoms. The van der Waals surface area contributed by atoms with E-state index in [4.69, 9.17) is 0 Å². The monoisotopic (exact) mass is 201 g/mol. The molecule has 0 aliphatic heterocycles. The van der Waals surface area contributed by atoms with E-state index < -0.39 is 0 Å². The maximum Gasteiger partial charge on any atom is 0.163 e. The molecular weight excluding hydrogens is 186 g/mol. The van der Waals surface area contributed by atoms with Gasteiger partial charge in [-0.05, 0) is 13.3 Å². The molecule has 0 saturated carbocycles. The standard InChI is InChI=1S/C12H15N3/c1-3-8-15-9-13-14-12(15)11-6-4-10(2)5-7-11/h4-7,9H,3,8H2,1-2H3. The summed E-state index contributed by atoms with van der Waals surface area (Å²) >= 11 is 0. The summed E-state index contributed by atoms with van der Waals surface area (Å²) in [7, 11) is 0. The summed E-state index contributed by atoms with van der Waals surface area (Å²) in [5.41, 5.74) is 2.40. The summed E-state index contributed by atoms with van der Waals surface area (Å²) in [6.45, 7) is 5.20. The van der Waals surface area contributed by atoms with Crippen LogP contribution in [0.2, 0.25) is 0 Å². The fourth-order valence-electron chi connectivity index (χ4n) is 1.59. The first-order chi connectivity index (χ1) is 7.31. The van der Waals surface area contributed by atoms with Gasteiger partial charge in [-0.2, -0.15) is 0 Å². The molecule has 78 valence electrons. The number of aromatic nitrogens is 3. The number of aryl methyl sites for hydroxylation is 2. The number of benzene rings is 1. The molecule has 0 aliphatic rings. The molecule has 0 aliphatic carbocycles. The Hall–Kier alpha value is -1.64. The topological polar surface area (TPSA) is 30.7 Å². The second-order valence-electron chi connectivity index (χ2n) is 3.71. The van der Waals surface area contributed by atoms with Crippen molar-refractivity contribution in [1.29, 1.82) is 0 Å². The molecule has 0 unspecified atom stereocenters. The average Bonchev–Trinajstić information content (AvgIpc) is 2.68. The lowest BCUT2D eigenvalue weighted by Gasteiger charge is -2.04. The number of hydrogen-bond acceptors (Lipinski definition) is 2. The second kappa shape index (κ2) is 4.26. The molecule has 1 aromatic carbocycles. The van der Waals surface area contributed by atoms with E-state index in [1.807, 2.05) is 0 Å². The maximum atomic E-state index is 4.15. The van der Waals surface area contributed by atoms with Gasteiger partial charge in [0.1, 0.15) is 6.33 Å². The summed E-state index contributed by atoms with van der Waals surface area (Å²) in [4.78, 5) is 0. The Kier molecular flexibility index (Phi) is 2.81. The van der Waals surface area contributed by atoms with Gasteiger partial charge in [0, 0.05) is 12.1 Å². The number of hydrogen-bond donors (Lipinski definition) is 0. The predicted molar refractivity (Wildman–Crippen MR) is 60.5 cm³/mol. The van der Waals surface area contributed by atoms with Crippen molar-refractivity contribution < 1.29 is 0 Å². The molecule has 15 heavy (non-hydrogen) atoms. The van der Waals surface area contributed by atoms with E-state index in [0.717, 1.165) is 24.4 Å². The Labute approximate surface area is 89.8 Å². The molecule has 3 nitrogen and oxygen atoms in total. The van der Waals surface area contributed by atoms with E-state index in [2.05, 4.69) is 52.9 Å². The molecule has 0 fully saturated rings. The molecule has 2 rings (SSSR count). The van der Waals surface area contributed by atoms with Crippen LogP contribution in [0.25, 0.3) is 11.4 Å². The van der Waals surface area contributed by atoms with E-state index in [9.17, 15) is 0 Å². The minimum Gasteiger partial charge on any atom is -0.314 e. The van der Waals surface area contributed by atoms with E-state index in [-0.39, 0.29) is 0 Å². The van der Waals surface area contributed by atoms with E-state index in [0.29, 0.717) is 0 Å². The highest BCUT2D eigenvalue weighted by atomic mass is 15.3. The van der Waals surface area contributed by atoms with Crippen molar-refractivity contribution >= 4 is 0 Å². The van der Waals surface area contributed by atoms with Crippen LogP contribution >= 0.6 is 0 Å². The molecule has 0 spiro atoms. The summed E-state index contributed by atoms with van der Waals surface area (Å²) < 4.78 is 2.09. The Morgan fingerprint density at radius 2 is 1.93 bits per heavy atom. The van der Waals surface area contributed by atoms with Crippen LogP contribution in [0.4, 0.5) is 0 Å². The quantitative estimate of drug-likeness (QED) is 0.764. The Balaban J connectivity index is 2.36. The lowest BCUT2D eigenvalue weighted by Crippen LogP contribution is -1.98. The Morgan fingerprint density at radius 1 is 1.20 bits per heavy atom. The summed E-state index contributed by atoms with van der Waals surface area (Å²) in [6, 6.07) is 8.37. The highest BCUT2D eigenvalue weighted by Gasteiger charge is 2.05. The highest BCUT2D eigenvalue weighted by molar-refractivity contribution is 5.55. The van der Waals surface area contributed by atoms with Gasteiger partial charge in [0.2, 0.25) is 0 Å². The van der Waals surface area contributed by atoms with E-state index >= 15 is 0 Å². The summed E-state index contributed by atoms with van der Waals surface area (Å²) in [6.07, 6.45) is 2.88. The van der Waals surface area contributed by atoms with Gasteiger partial charge in [0.15, 0.2) is 5.82 Å². The molecular formula is C12H15N3. The molecule has 3 heteroatoms. The third-order valence-electron chi connectivity index (χ3n) is 2.39. The van der Waals surface area contributed by atoms with Gasteiger partial charge in [0.05, 0.1) is 0 Å². The molecule has 0 N–H and O–H groups in total. The Morgan fingerprint density at radius 3 is 2.60 bits per heavy atom. The molecule has 2 aromatic rings. The van der Waals surface area contributed by atoms with Crippen LogP contribution < -0.4 is 0 Å². The van der Waals surface area contributed by atoms with Gasteiger partial charge >= 0.3 is 0 Å². The van der Waals surface area contributed by atoms with Crippen molar-refractivity contribution in [1.82, 2.24) is 14.8 Å². The molecule has 0 radical (unpaired) electrons. The first-order valence-electron chi connectivity index (χ1n) is 5.26. The summed E-state index contributed by atoms with van der Waals surface area (Å²) in [5, 5.41) is 8.10. The lowest BCUT2D eigenvalue weighted by atomic mass is 10.1. The van der Waals surface area contributed by atoms with Gasteiger partial charge in [-0.25, -0.2) is 0 Å². The molecule has 1 heterocycles. The van der Waals surface area contributed by atoms with Crippen LogP contribution in [0.5, 0.6) is 0 Å². The van der Waals surface area contributed by atoms with Gasteiger partial charge in [-0.15, -0.1) is 10.2 Å². The fraction of sp³-hybridized carbons (Fsp3) is 0.333. The van der Waals surface area contributed by atoms with Crippen molar-refractivity contribution in [2.45, 2.75) is 26.8 Å². The average molecular weight is 201 g/mol. The smallest absolute Gasteiger partial charge is 0.163 e. The third-order valence-corrected chi connectivity index (χ3v) is 2.39. The highest BCUT2D eigenvalue weighted by Crippen LogP contribution is 2.17. The minimum atomic E-state index is 0.955. The largest absolute Gasteiger partial charge is 0.314 e. The molecule has 0 saturated heterocycles. The minimum absolute atomic E-state index is 0.955. The van der Waals surface area contributed by atoms with Crippen molar-refractivity contribution in [3.63, 3.8) is 0 Å². The zero-order valence-electron chi connectivity index (χ0n) is 9.14. The van der Waals surface area contributed by atoms with E-state index in [1.54, 1.807) is 6.33 Å². The van der Waals surface area contributed by atoms with Gasteiger partial charge in [-0.3, -0.25) is 0 Å². The normalized spacial score (nSPS) is 10.5. The van der Waals surface area contributed by atoms with E-state index in [1.165, 1.54) is 5.56 Å². The van der Waals surface area contributed by atoms with Crippen molar-refractivity contribution in [3.8, 4) is 11.4 Å². The predicted octanol–water partition coefficient (Wildman–Crippen LogP) is 2.66. The maximum absolute atomic E-state index is 4.15. The third kappa shape index (κ3) is 2.06. The molecule has 1 aromatic heterocycles. The van der Waals surface area contributed by atoms with Gasteiger partial charge < -0.3 is 4.57 Å².